The molecule has 24 heavy (non-hydrogen) atoms. The number of nitrogens with two attached hydrogens (primary N) is 1. The van der Waals surface area contributed by atoms with Crippen LogP contribution in [0.2, 0.25) is 0 Å². The summed E-state index contributed by atoms with van der Waals surface area (Å²) in [5, 5.41) is 0. The molecule has 2 rings (SSSR count). The fourth-order valence-corrected chi connectivity index (χ4v) is 1.63. The van der Waals surface area contributed by atoms with Crippen LogP contribution in [0.5, 0.6) is 0 Å². The van der Waals surface area contributed by atoms with Crippen LogP contribution in [-0.2, 0) is 0 Å². The summed E-state index contributed by atoms with van der Waals surface area (Å²) in [4.78, 5) is 20.0. The Labute approximate surface area is 139 Å². The highest BCUT2D eigenvalue weighted by Crippen LogP contribution is 2.21. The van der Waals surface area contributed by atoms with E-state index in [0.29, 0.717) is 11.4 Å². The first-order valence-electron chi connectivity index (χ1n) is 7.22. The molecule has 9 heteroatoms. The van der Waals surface area contributed by atoms with Crippen molar-refractivity contribution in [3.05, 3.63) is 42.0 Å². The molecule has 1 aromatic heterocycles. The van der Waals surface area contributed by atoms with Crippen LogP contribution in [0.25, 0.3) is 0 Å². The second kappa shape index (κ2) is 7.09. The number of halogens is 1. The number of rotatable bonds is 5. The highest BCUT2D eigenvalue weighted by Gasteiger charge is 2.13. The van der Waals surface area contributed by atoms with Crippen molar-refractivity contribution in [2.24, 2.45) is 0 Å². The van der Waals surface area contributed by atoms with Crippen molar-refractivity contribution in [1.82, 2.24) is 20.8 Å². The third-order valence-corrected chi connectivity index (χ3v) is 2.84. The first-order chi connectivity index (χ1) is 11.3. The molecule has 1 amide bonds. The number of benzene rings is 1. The van der Waals surface area contributed by atoms with Gasteiger partial charge in [0.2, 0.25) is 0 Å². The predicted molar refractivity (Wildman–Crippen MR) is 90.4 cm³/mol. The van der Waals surface area contributed by atoms with E-state index in [0.717, 1.165) is 0 Å². The van der Waals surface area contributed by atoms with Gasteiger partial charge >= 0.3 is 0 Å². The number of anilines is 3. The van der Waals surface area contributed by atoms with Crippen LogP contribution in [0.4, 0.5) is 21.7 Å². The zero-order valence-corrected chi connectivity index (χ0v) is 13.6. The molecule has 6 N–H and O–H groups in total. The van der Waals surface area contributed by atoms with Crippen LogP contribution >= 0.6 is 0 Å². The van der Waals surface area contributed by atoms with Gasteiger partial charge in [0.05, 0.1) is 0 Å². The molecule has 0 bridgehead atoms. The third-order valence-electron chi connectivity index (χ3n) is 2.84. The molecule has 0 aliphatic carbocycles. The largest absolute Gasteiger partial charge is 0.393 e. The molecule has 0 saturated carbocycles. The molecule has 1 aromatic carbocycles. The Hall–Kier alpha value is -2.94. The van der Waals surface area contributed by atoms with Gasteiger partial charge in [-0.15, -0.1) is 0 Å². The summed E-state index contributed by atoms with van der Waals surface area (Å²) in [6, 6.07) is 5.15. The summed E-state index contributed by atoms with van der Waals surface area (Å²) in [6.07, 6.45) is 1.30. The Bertz CT molecular complexity index is 713. The maximum Gasteiger partial charge on any atom is 0.269 e. The molecule has 8 nitrogen and oxygen atoms in total. The van der Waals surface area contributed by atoms with E-state index in [1.54, 1.807) is 0 Å². The van der Waals surface area contributed by atoms with Gasteiger partial charge in [0.15, 0.2) is 11.6 Å². The highest BCUT2D eigenvalue weighted by atomic mass is 19.1. The first kappa shape index (κ1) is 17.4. The molecule has 0 saturated heterocycles. The standard InChI is InChI=1S/C15H20FN7O/c1-15(2,3)23-21-13-11(17)12(18-8-19-13)20-22-14(24)9-4-6-10(16)7-5-9/h4-8,23H,17H2,1-3H3,(H,22,24)(H2,18,19,20,21). The Morgan fingerprint density at radius 2 is 1.67 bits per heavy atom. The summed E-state index contributed by atoms with van der Waals surface area (Å²) in [7, 11) is 0. The molecule has 128 valence electrons. The average Bonchev–Trinajstić information content (AvgIpc) is 2.52. The van der Waals surface area contributed by atoms with E-state index in [4.69, 9.17) is 5.73 Å². The number of nitrogens with zero attached hydrogens (tertiary/aromatic N) is 2. The molecule has 0 radical (unpaired) electrons. The van der Waals surface area contributed by atoms with Crippen LogP contribution in [-0.4, -0.2) is 21.4 Å². The van der Waals surface area contributed by atoms with E-state index >= 15 is 0 Å². The van der Waals surface area contributed by atoms with Gasteiger partial charge < -0.3 is 11.2 Å². The zero-order chi connectivity index (χ0) is 17.7. The third kappa shape index (κ3) is 4.78. The smallest absolute Gasteiger partial charge is 0.269 e. The predicted octanol–water partition coefficient (Wildman–Crippen LogP) is 1.67. The maximum atomic E-state index is 12.9. The SMILES string of the molecule is CC(C)(C)NNc1ncnc(NNC(=O)c2ccc(F)cc2)c1N. The number of carbonyl (C=O) groups is 1. The summed E-state index contributed by atoms with van der Waals surface area (Å²) in [5.41, 5.74) is 17.3. The number of carbonyl (C=O) groups excluding carboxylic acids is 1. The van der Waals surface area contributed by atoms with Crippen molar-refractivity contribution in [2.75, 3.05) is 16.6 Å². The van der Waals surface area contributed by atoms with Crippen LogP contribution < -0.4 is 27.4 Å². The normalized spacial score (nSPS) is 11.0. The fourth-order valence-electron chi connectivity index (χ4n) is 1.63. The maximum absolute atomic E-state index is 12.9. The second-order valence-electron chi connectivity index (χ2n) is 6.07. The molecular formula is C15H20FN7O. The number of hydrazine groups is 2. The van der Waals surface area contributed by atoms with Crippen LogP contribution in [0.15, 0.2) is 30.6 Å². The molecule has 0 fully saturated rings. The monoisotopic (exact) mass is 333 g/mol. The van der Waals surface area contributed by atoms with Crippen LogP contribution in [0, 0.1) is 5.82 Å². The molecule has 1 heterocycles. The van der Waals surface area contributed by atoms with E-state index in [1.165, 1.54) is 30.6 Å². The molecule has 0 aliphatic heterocycles. The Kier molecular flexibility index (Phi) is 5.14. The van der Waals surface area contributed by atoms with Crippen molar-refractivity contribution in [3.8, 4) is 0 Å². The van der Waals surface area contributed by atoms with Crippen LogP contribution in [0.3, 0.4) is 0 Å². The number of nitrogen functional groups attached to an aromatic ring is 1. The molecule has 0 unspecified atom stereocenters. The zero-order valence-electron chi connectivity index (χ0n) is 13.6. The molecule has 0 aliphatic rings. The molecular weight excluding hydrogens is 313 g/mol. The second-order valence-corrected chi connectivity index (χ2v) is 6.07. The van der Waals surface area contributed by atoms with Crippen molar-refractivity contribution in [1.29, 1.82) is 0 Å². The van der Waals surface area contributed by atoms with Gasteiger partial charge in [-0.1, -0.05) is 0 Å². The molecule has 0 spiro atoms. The van der Waals surface area contributed by atoms with Gasteiger partial charge in [0.25, 0.3) is 5.91 Å². The van der Waals surface area contributed by atoms with Crippen molar-refractivity contribution in [2.45, 2.75) is 26.3 Å². The van der Waals surface area contributed by atoms with Gasteiger partial charge in [-0.25, -0.2) is 19.8 Å². The van der Waals surface area contributed by atoms with Crippen molar-refractivity contribution < 1.29 is 9.18 Å². The van der Waals surface area contributed by atoms with Crippen LogP contribution in [0.1, 0.15) is 31.1 Å². The lowest BCUT2D eigenvalue weighted by Crippen LogP contribution is -2.40. The quantitative estimate of drug-likeness (QED) is 0.528. The van der Waals surface area contributed by atoms with Gasteiger partial charge in [-0.2, -0.15) is 0 Å². The van der Waals surface area contributed by atoms with Gasteiger partial charge in [0.1, 0.15) is 17.8 Å². The lowest BCUT2D eigenvalue weighted by atomic mass is 10.1. The first-order valence-corrected chi connectivity index (χ1v) is 7.22. The van der Waals surface area contributed by atoms with E-state index in [1.807, 2.05) is 20.8 Å². The number of aromatic nitrogens is 2. The highest BCUT2D eigenvalue weighted by molar-refractivity contribution is 5.95. The summed E-state index contributed by atoms with van der Waals surface area (Å²) in [6.45, 7) is 5.92. The van der Waals surface area contributed by atoms with Gasteiger partial charge in [0, 0.05) is 11.1 Å². The van der Waals surface area contributed by atoms with E-state index in [2.05, 4.69) is 31.7 Å². The number of hydrogen-bond acceptors (Lipinski definition) is 7. The Balaban J connectivity index is 2.02. The van der Waals surface area contributed by atoms with Gasteiger partial charge in [-0.05, 0) is 45.0 Å². The lowest BCUT2D eigenvalue weighted by molar-refractivity contribution is 0.0962. The molecule has 0 atom stereocenters. The Morgan fingerprint density at radius 1 is 1.08 bits per heavy atom. The summed E-state index contributed by atoms with van der Waals surface area (Å²) >= 11 is 0. The minimum atomic E-state index is -0.449. The average molecular weight is 333 g/mol. The van der Waals surface area contributed by atoms with E-state index in [9.17, 15) is 9.18 Å². The van der Waals surface area contributed by atoms with Crippen molar-refractivity contribution >= 4 is 23.2 Å². The van der Waals surface area contributed by atoms with E-state index < -0.39 is 11.7 Å². The fraction of sp³-hybridized carbons (Fsp3) is 0.267. The number of hydrogen-bond donors (Lipinski definition) is 5. The van der Waals surface area contributed by atoms with E-state index in [-0.39, 0.29) is 17.0 Å². The Morgan fingerprint density at radius 3 is 2.25 bits per heavy atom. The minimum Gasteiger partial charge on any atom is -0.393 e. The topological polar surface area (TPSA) is 117 Å². The van der Waals surface area contributed by atoms with Crippen molar-refractivity contribution in [3.63, 3.8) is 0 Å². The summed E-state index contributed by atoms with van der Waals surface area (Å²) in [5.74, 6) is -0.255. The lowest BCUT2D eigenvalue weighted by Gasteiger charge is -2.22. The van der Waals surface area contributed by atoms with Gasteiger partial charge in [-0.3, -0.25) is 15.6 Å². The minimum absolute atomic E-state index is 0.193. The number of nitrogens with one attached hydrogen (secondary N) is 4. The summed E-state index contributed by atoms with van der Waals surface area (Å²) < 4.78 is 12.9. The molecule has 2 aromatic rings. The number of amides is 1.